The highest BCUT2D eigenvalue weighted by Crippen LogP contribution is 2.35. The molecule has 2 saturated heterocycles. The molecule has 1 atom stereocenters. The van der Waals surface area contributed by atoms with Crippen molar-refractivity contribution in [2.45, 2.75) is 77.2 Å². The van der Waals surface area contributed by atoms with Crippen LogP contribution >= 0.6 is 11.3 Å². The van der Waals surface area contributed by atoms with Crippen LogP contribution in [0.25, 0.3) is 32.2 Å². The molecular formula is C54H56N8O6S. The lowest BCUT2D eigenvalue weighted by Crippen LogP contribution is -2.39. The predicted molar refractivity (Wildman–Crippen MR) is 268 cm³/mol. The number of para-hydroxylation sites is 1. The van der Waals surface area contributed by atoms with Gasteiger partial charge in [0.25, 0.3) is 5.91 Å². The van der Waals surface area contributed by atoms with E-state index in [4.69, 9.17) is 14.8 Å². The zero-order valence-electron chi connectivity index (χ0n) is 39.0. The third-order valence-electron chi connectivity index (χ3n) is 14.1. The average Bonchev–Trinajstić information content (AvgIpc) is 3.92. The molecule has 0 spiro atoms. The van der Waals surface area contributed by atoms with Gasteiger partial charge in [0.05, 0.1) is 34.0 Å². The second kappa shape index (κ2) is 19.9. The molecule has 3 amide bonds. The molecule has 6 heterocycles. The van der Waals surface area contributed by atoms with Crippen LogP contribution in [-0.4, -0.2) is 86.2 Å². The number of benzene rings is 4. The van der Waals surface area contributed by atoms with Crippen molar-refractivity contribution in [3.63, 3.8) is 0 Å². The molecule has 0 radical (unpaired) electrons. The summed E-state index contributed by atoms with van der Waals surface area (Å²) in [7, 11) is 1.91. The lowest BCUT2D eigenvalue weighted by Gasteiger charge is -2.32. The Hall–Kier alpha value is -6.97. The molecule has 3 N–H and O–H groups in total. The van der Waals surface area contributed by atoms with Gasteiger partial charge in [0.1, 0.15) is 11.6 Å². The van der Waals surface area contributed by atoms with E-state index in [1.54, 1.807) is 0 Å². The Balaban J connectivity index is 0.685. The number of carbonyl (C=O) groups is 4. The lowest BCUT2D eigenvalue weighted by atomic mass is 9.92. The van der Waals surface area contributed by atoms with Crippen molar-refractivity contribution in [3.05, 3.63) is 130 Å². The van der Waals surface area contributed by atoms with E-state index in [9.17, 15) is 24.3 Å². The number of hydrogen-bond donors (Lipinski definition) is 3. The van der Waals surface area contributed by atoms with E-state index in [-0.39, 0.29) is 23.4 Å². The molecule has 15 heteroatoms. The molecule has 0 aliphatic carbocycles. The summed E-state index contributed by atoms with van der Waals surface area (Å²) < 4.78 is 9.07. The summed E-state index contributed by atoms with van der Waals surface area (Å²) in [6.07, 6.45) is 8.04. The second-order valence-electron chi connectivity index (χ2n) is 18.6. The van der Waals surface area contributed by atoms with Crippen LogP contribution in [0.4, 0.5) is 10.9 Å². The summed E-state index contributed by atoms with van der Waals surface area (Å²) in [6.45, 7) is 6.92. The minimum Gasteiger partial charge on any atom is -0.494 e. The van der Waals surface area contributed by atoms with Gasteiger partial charge in [0, 0.05) is 43.1 Å². The zero-order valence-corrected chi connectivity index (χ0v) is 39.8. The van der Waals surface area contributed by atoms with Crippen LogP contribution in [-0.2, 0) is 36.0 Å². The van der Waals surface area contributed by atoms with Gasteiger partial charge in [-0.1, -0.05) is 53.8 Å². The van der Waals surface area contributed by atoms with E-state index in [1.165, 1.54) is 29.7 Å². The number of fused-ring (bicyclic) bond motifs is 3. The van der Waals surface area contributed by atoms with Crippen LogP contribution < -0.4 is 20.3 Å². The van der Waals surface area contributed by atoms with Crippen LogP contribution in [0.2, 0.25) is 0 Å². The van der Waals surface area contributed by atoms with Crippen molar-refractivity contribution in [1.82, 2.24) is 30.0 Å². The number of anilines is 2. The number of aromatic nitrogens is 4. The molecule has 4 aromatic carbocycles. The van der Waals surface area contributed by atoms with Gasteiger partial charge in [0.2, 0.25) is 11.8 Å². The van der Waals surface area contributed by atoms with Crippen molar-refractivity contribution in [1.29, 1.82) is 0 Å². The Labute approximate surface area is 404 Å². The minimum absolute atomic E-state index is 0.0194. The fourth-order valence-corrected chi connectivity index (χ4v) is 11.2. The molecular weight excluding hydrogens is 889 g/mol. The van der Waals surface area contributed by atoms with Crippen LogP contribution in [0, 0.1) is 12.8 Å². The molecule has 0 bridgehead atoms. The van der Waals surface area contributed by atoms with Crippen molar-refractivity contribution < 1.29 is 29.0 Å². The fraction of sp³-hybridized carbons (Fsp3) is 0.352. The van der Waals surface area contributed by atoms with Gasteiger partial charge in [-0.2, -0.15) is 5.10 Å². The van der Waals surface area contributed by atoms with E-state index in [1.807, 2.05) is 96.3 Å². The van der Waals surface area contributed by atoms with E-state index in [2.05, 4.69) is 38.7 Å². The Kier molecular flexibility index (Phi) is 13.2. The smallest absolute Gasteiger partial charge is 0.355 e. The van der Waals surface area contributed by atoms with Crippen molar-refractivity contribution in [2.75, 3.05) is 43.0 Å². The SMILES string of the molecule is Cc1cc(OCCCC2CCN(CCCc3ccc4c(C5CCC(=O)NC5=O)nn(C)c4c3)CC2)ccc1-c1ccc(N2CCc3cccc(C(=O)Nc4nc5ccccc5s4)c3C2)nc1C(=O)O. The first-order valence-corrected chi connectivity index (χ1v) is 24.9. The molecule has 3 aliphatic rings. The number of nitrogens with one attached hydrogen (secondary N) is 2. The number of hydrogen-bond acceptors (Lipinski definition) is 11. The summed E-state index contributed by atoms with van der Waals surface area (Å²) in [5, 5.41) is 22.1. The first kappa shape index (κ1) is 45.8. The normalized spacial score (nSPS) is 16.7. The third-order valence-corrected chi connectivity index (χ3v) is 15.1. The number of carboxylic acid groups (broad SMARTS) is 1. The highest BCUT2D eigenvalue weighted by Gasteiger charge is 2.32. The fourth-order valence-electron chi connectivity index (χ4n) is 10.4. The Morgan fingerprint density at radius 1 is 0.899 bits per heavy atom. The van der Waals surface area contributed by atoms with Gasteiger partial charge in [0.15, 0.2) is 10.8 Å². The number of thiazole rings is 1. The number of ether oxygens (including phenoxy) is 1. The van der Waals surface area contributed by atoms with E-state index >= 15 is 0 Å². The van der Waals surface area contributed by atoms with Crippen molar-refractivity contribution in [2.24, 2.45) is 13.0 Å². The Bertz CT molecular complexity index is 3070. The molecule has 7 aromatic rings. The minimum atomic E-state index is -1.10. The molecule has 69 heavy (non-hydrogen) atoms. The highest BCUT2D eigenvalue weighted by atomic mass is 32.1. The second-order valence-corrected chi connectivity index (χ2v) is 19.7. The number of likely N-dealkylation sites (tertiary alicyclic amines) is 1. The summed E-state index contributed by atoms with van der Waals surface area (Å²) in [5.74, 6) is -0.207. The van der Waals surface area contributed by atoms with Crippen molar-refractivity contribution >= 4 is 67.1 Å². The number of imide groups is 1. The number of pyridine rings is 1. The van der Waals surface area contributed by atoms with Gasteiger partial charge >= 0.3 is 5.97 Å². The zero-order chi connectivity index (χ0) is 47.6. The number of carboxylic acids is 1. The predicted octanol–water partition coefficient (Wildman–Crippen LogP) is 9.09. The average molecular weight is 945 g/mol. The lowest BCUT2D eigenvalue weighted by molar-refractivity contribution is -0.134. The Morgan fingerprint density at radius 3 is 2.55 bits per heavy atom. The van der Waals surface area contributed by atoms with Gasteiger partial charge in [-0.05, 0) is 160 Å². The molecule has 3 aromatic heterocycles. The number of rotatable bonds is 15. The summed E-state index contributed by atoms with van der Waals surface area (Å²) in [5.41, 5.74) is 8.64. The number of piperidine rings is 2. The van der Waals surface area contributed by atoms with Gasteiger partial charge in [-0.15, -0.1) is 0 Å². The maximum Gasteiger partial charge on any atom is 0.355 e. The van der Waals surface area contributed by atoms with Crippen LogP contribution in [0.5, 0.6) is 5.75 Å². The van der Waals surface area contributed by atoms with Gasteiger partial charge < -0.3 is 19.6 Å². The summed E-state index contributed by atoms with van der Waals surface area (Å²) in [4.78, 5) is 64.4. The molecule has 2 fully saturated rings. The molecule has 1 unspecified atom stereocenters. The number of amides is 3. The quantitative estimate of drug-likeness (QED) is 0.0662. The first-order valence-electron chi connectivity index (χ1n) is 24.1. The molecule has 14 nitrogen and oxygen atoms in total. The van der Waals surface area contributed by atoms with E-state index in [0.29, 0.717) is 67.0 Å². The number of carbonyl (C=O) groups excluding carboxylic acids is 3. The number of nitrogens with zero attached hydrogens (tertiary/aromatic N) is 6. The van der Waals surface area contributed by atoms with Crippen molar-refractivity contribution in [3.8, 4) is 16.9 Å². The molecule has 10 rings (SSSR count). The number of aryl methyl sites for hydroxylation is 3. The van der Waals surface area contributed by atoms with E-state index in [0.717, 1.165) is 100 Å². The topological polar surface area (TPSA) is 172 Å². The van der Waals surface area contributed by atoms with E-state index < -0.39 is 11.9 Å². The van der Waals surface area contributed by atoms with Crippen LogP contribution in [0.1, 0.15) is 99.7 Å². The van der Waals surface area contributed by atoms with Gasteiger partial charge in [-0.25, -0.2) is 14.8 Å². The largest absolute Gasteiger partial charge is 0.494 e. The van der Waals surface area contributed by atoms with Crippen LogP contribution in [0.3, 0.4) is 0 Å². The molecule has 3 aliphatic heterocycles. The summed E-state index contributed by atoms with van der Waals surface area (Å²) in [6, 6.07) is 29.5. The van der Waals surface area contributed by atoms with Crippen LogP contribution in [0.15, 0.2) is 91.0 Å². The van der Waals surface area contributed by atoms with Gasteiger partial charge in [-0.3, -0.25) is 29.7 Å². The number of aromatic carboxylic acids is 1. The Morgan fingerprint density at radius 2 is 1.74 bits per heavy atom. The maximum absolute atomic E-state index is 13.6. The maximum atomic E-state index is 13.6. The highest BCUT2D eigenvalue weighted by molar-refractivity contribution is 7.22. The third kappa shape index (κ3) is 9.97. The monoisotopic (exact) mass is 944 g/mol. The molecule has 0 saturated carbocycles. The summed E-state index contributed by atoms with van der Waals surface area (Å²) >= 11 is 1.44. The first-order chi connectivity index (χ1) is 33.5. The molecule has 354 valence electrons. The standard InChI is InChI=1S/C54H56N8O6S/c1-33-30-37(68-29-7-9-34-22-26-61(27-23-34)25-6-8-35-14-16-41-45(31-35)60(2)59-49(41)42-19-21-48(63)57-52(42)65)15-17-38(33)39-18-20-47(56-50(39)53(66)67)62-28-24-36-10-5-11-40(43(36)32-62)51(64)58-54-55-44-12-3-4-13-46(44)69-54/h3-5,10-18,20,30-31,34,42H,6-9,19,21-29,32H2,1-2H3,(H,66,67)(H,55,58,64)(H,57,63,65).